The summed E-state index contributed by atoms with van der Waals surface area (Å²) in [4.78, 5) is 14.1. The Bertz CT molecular complexity index is 512. The third-order valence-electron chi connectivity index (χ3n) is 4.50. The number of nitrogens with zero attached hydrogens (tertiary/aromatic N) is 1. The van der Waals surface area contributed by atoms with Crippen LogP contribution in [0.2, 0.25) is 0 Å². The summed E-state index contributed by atoms with van der Waals surface area (Å²) in [6, 6.07) is 3.01. The molecule has 21 heavy (non-hydrogen) atoms. The maximum atomic E-state index is 13.2. The van der Waals surface area contributed by atoms with Crippen molar-refractivity contribution in [3.63, 3.8) is 0 Å². The van der Waals surface area contributed by atoms with Gasteiger partial charge in [-0.05, 0) is 49.9 Å². The van der Waals surface area contributed by atoms with Crippen molar-refractivity contribution in [1.82, 2.24) is 10.2 Å². The smallest absolute Gasteiger partial charge is 0.254 e. The number of halogens is 3. The third-order valence-corrected chi connectivity index (χ3v) is 4.50. The minimum absolute atomic E-state index is 0. The summed E-state index contributed by atoms with van der Waals surface area (Å²) >= 11 is 0. The summed E-state index contributed by atoms with van der Waals surface area (Å²) < 4.78 is 26.4. The van der Waals surface area contributed by atoms with Crippen LogP contribution in [0, 0.1) is 17.0 Å². The van der Waals surface area contributed by atoms with Crippen LogP contribution in [0.5, 0.6) is 0 Å². The Kier molecular flexibility index (Phi) is 4.84. The van der Waals surface area contributed by atoms with Crippen molar-refractivity contribution in [3.05, 3.63) is 35.4 Å². The lowest BCUT2D eigenvalue weighted by atomic mass is 9.78. The van der Waals surface area contributed by atoms with Gasteiger partial charge in [0, 0.05) is 24.7 Å². The second-order valence-corrected chi connectivity index (χ2v) is 5.88. The minimum atomic E-state index is -0.705. The van der Waals surface area contributed by atoms with Crippen LogP contribution in [-0.4, -0.2) is 37.0 Å². The molecule has 0 aliphatic carbocycles. The average Bonchev–Trinajstić information content (AvgIpc) is 2.81. The number of nitrogens with one attached hydrogen (secondary N) is 1. The fourth-order valence-electron chi connectivity index (χ4n) is 3.33. The fourth-order valence-corrected chi connectivity index (χ4v) is 3.33. The van der Waals surface area contributed by atoms with E-state index in [1.165, 1.54) is 0 Å². The normalized spacial score (nSPS) is 20.4. The molecule has 2 aliphatic heterocycles. The van der Waals surface area contributed by atoms with E-state index in [1.807, 2.05) is 0 Å². The Hall–Kier alpha value is -1.20. The van der Waals surface area contributed by atoms with Gasteiger partial charge in [-0.25, -0.2) is 8.78 Å². The summed E-state index contributed by atoms with van der Waals surface area (Å²) in [5, 5.41) is 3.32. The molecule has 0 saturated carbocycles. The van der Waals surface area contributed by atoms with Crippen LogP contribution in [0.4, 0.5) is 8.78 Å². The highest BCUT2D eigenvalue weighted by Gasteiger charge is 2.40. The van der Waals surface area contributed by atoms with Crippen LogP contribution >= 0.6 is 12.4 Å². The minimum Gasteiger partial charge on any atom is -0.338 e. The van der Waals surface area contributed by atoms with Crippen molar-refractivity contribution in [3.8, 4) is 0 Å². The average molecular weight is 317 g/mol. The Labute approximate surface area is 129 Å². The molecular formula is C15H19ClF2N2O. The first-order valence-electron chi connectivity index (χ1n) is 7.04. The number of rotatable bonds is 1. The van der Waals surface area contributed by atoms with Crippen LogP contribution in [-0.2, 0) is 0 Å². The van der Waals surface area contributed by atoms with Gasteiger partial charge in [0.25, 0.3) is 5.91 Å². The molecule has 1 spiro atoms. The highest BCUT2D eigenvalue weighted by atomic mass is 35.5. The van der Waals surface area contributed by atoms with Gasteiger partial charge < -0.3 is 10.2 Å². The number of carbonyl (C=O) groups excluding carboxylic acids is 1. The molecule has 0 unspecified atom stereocenters. The Morgan fingerprint density at radius 3 is 2.33 bits per heavy atom. The van der Waals surface area contributed by atoms with E-state index in [0.29, 0.717) is 13.1 Å². The summed E-state index contributed by atoms with van der Waals surface area (Å²) in [5.74, 6) is -1.67. The van der Waals surface area contributed by atoms with Gasteiger partial charge in [-0.15, -0.1) is 12.4 Å². The van der Waals surface area contributed by atoms with Gasteiger partial charge in [0.05, 0.1) is 0 Å². The van der Waals surface area contributed by atoms with Gasteiger partial charge in [0.15, 0.2) is 0 Å². The lowest BCUT2D eigenvalue weighted by molar-refractivity contribution is 0.0761. The highest BCUT2D eigenvalue weighted by Crippen LogP contribution is 2.39. The number of carbonyl (C=O) groups is 1. The van der Waals surface area contributed by atoms with Gasteiger partial charge in [-0.1, -0.05) is 0 Å². The molecule has 2 aliphatic rings. The van der Waals surface area contributed by atoms with E-state index in [9.17, 15) is 13.6 Å². The molecule has 2 fully saturated rings. The number of amides is 1. The molecule has 2 saturated heterocycles. The molecule has 6 heteroatoms. The van der Waals surface area contributed by atoms with Crippen molar-refractivity contribution in [2.24, 2.45) is 5.41 Å². The van der Waals surface area contributed by atoms with E-state index in [4.69, 9.17) is 0 Å². The molecule has 1 N–H and O–H groups in total. The first-order valence-corrected chi connectivity index (χ1v) is 7.04. The molecule has 0 radical (unpaired) electrons. The van der Waals surface area contributed by atoms with E-state index < -0.39 is 11.6 Å². The van der Waals surface area contributed by atoms with Crippen molar-refractivity contribution < 1.29 is 13.6 Å². The highest BCUT2D eigenvalue weighted by molar-refractivity contribution is 5.94. The number of benzene rings is 1. The summed E-state index contributed by atoms with van der Waals surface area (Å²) in [5.41, 5.74) is 0.306. The topological polar surface area (TPSA) is 32.3 Å². The van der Waals surface area contributed by atoms with E-state index in [2.05, 4.69) is 5.32 Å². The van der Waals surface area contributed by atoms with Gasteiger partial charge in [-0.2, -0.15) is 0 Å². The predicted molar refractivity (Wildman–Crippen MR) is 78.7 cm³/mol. The Morgan fingerprint density at radius 1 is 1.10 bits per heavy atom. The fraction of sp³-hybridized carbons (Fsp3) is 0.533. The SMILES string of the molecule is Cl.O=C(c1cc(F)cc(F)c1)N1CCC2(CCNCC2)C1. The van der Waals surface area contributed by atoms with E-state index in [-0.39, 0.29) is 29.3 Å². The van der Waals surface area contributed by atoms with Crippen molar-refractivity contribution in [1.29, 1.82) is 0 Å². The summed E-state index contributed by atoms with van der Waals surface area (Å²) in [6.07, 6.45) is 3.11. The molecule has 0 atom stereocenters. The zero-order valence-corrected chi connectivity index (χ0v) is 12.5. The number of likely N-dealkylation sites (tertiary alicyclic amines) is 1. The first kappa shape index (κ1) is 16.2. The first-order chi connectivity index (χ1) is 9.58. The Balaban J connectivity index is 0.00000161. The lowest BCUT2D eigenvalue weighted by Crippen LogP contribution is -2.39. The largest absolute Gasteiger partial charge is 0.338 e. The zero-order chi connectivity index (χ0) is 14.2. The molecule has 3 rings (SSSR count). The molecular weight excluding hydrogens is 298 g/mol. The molecule has 2 heterocycles. The van der Waals surface area contributed by atoms with Crippen LogP contribution in [0.25, 0.3) is 0 Å². The molecule has 0 bridgehead atoms. The monoisotopic (exact) mass is 316 g/mol. The lowest BCUT2D eigenvalue weighted by Gasteiger charge is -2.33. The third kappa shape index (κ3) is 3.35. The summed E-state index contributed by atoms with van der Waals surface area (Å²) in [7, 11) is 0. The standard InChI is InChI=1S/C15H18F2N2O.ClH/c16-12-7-11(8-13(17)9-12)14(20)19-6-3-15(10-19)1-4-18-5-2-15;/h7-9,18H,1-6,10H2;1H. The van der Waals surface area contributed by atoms with Gasteiger partial charge in [0.1, 0.15) is 11.6 Å². The summed E-state index contributed by atoms with van der Waals surface area (Å²) in [6.45, 7) is 3.34. The molecule has 1 aromatic rings. The van der Waals surface area contributed by atoms with Gasteiger partial charge in [-0.3, -0.25) is 4.79 Å². The maximum Gasteiger partial charge on any atom is 0.254 e. The van der Waals surface area contributed by atoms with Crippen LogP contribution in [0.3, 0.4) is 0 Å². The predicted octanol–water partition coefficient (Wildman–Crippen LogP) is 2.60. The number of piperidine rings is 1. The van der Waals surface area contributed by atoms with Crippen LogP contribution < -0.4 is 5.32 Å². The van der Waals surface area contributed by atoms with Crippen LogP contribution in [0.15, 0.2) is 18.2 Å². The molecule has 3 nitrogen and oxygen atoms in total. The van der Waals surface area contributed by atoms with E-state index in [1.54, 1.807) is 4.90 Å². The molecule has 1 amide bonds. The number of hydrogen-bond acceptors (Lipinski definition) is 2. The van der Waals surface area contributed by atoms with Crippen molar-refractivity contribution in [2.45, 2.75) is 19.3 Å². The number of hydrogen-bond donors (Lipinski definition) is 1. The van der Waals surface area contributed by atoms with Gasteiger partial charge in [0.2, 0.25) is 0 Å². The molecule has 116 valence electrons. The molecule has 1 aromatic carbocycles. The maximum absolute atomic E-state index is 13.2. The van der Waals surface area contributed by atoms with Gasteiger partial charge >= 0.3 is 0 Å². The van der Waals surface area contributed by atoms with Crippen molar-refractivity contribution in [2.75, 3.05) is 26.2 Å². The van der Waals surface area contributed by atoms with Crippen molar-refractivity contribution >= 4 is 18.3 Å². The van der Waals surface area contributed by atoms with E-state index in [0.717, 1.165) is 50.6 Å². The van der Waals surface area contributed by atoms with E-state index >= 15 is 0 Å². The zero-order valence-electron chi connectivity index (χ0n) is 11.7. The Morgan fingerprint density at radius 2 is 1.71 bits per heavy atom. The quantitative estimate of drug-likeness (QED) is 0.864. The van der Waals surface area contributed by atoms with Crippen LogP contribution in [0.1, 0.15) is 29.6 Å². The molecule has 0 aromatic heterocycles. The second kappa shape index (κ2) is 6.28. The second-order valence-electron chi connectivity index (χ2n) is 5.88.